The second kappa shape index (κ2) is 8.87. The summed E-state index contributed by atoms with van der Waals surface area (Å²) in [6.07, 6.45) is 8.61. The number of imidazole rings is 1. The lowest BCUT2D eigenvalue weighted by molar-refractivity contribution is -0.122. The van der Waals surface area contributed by atoms with Gasteiger partial charge in [-0.05, 0) is 37.8 Å². The highest BCUT2D eigenvalue weighted by atomic mass is 16.5. The minimum atomic E-state index is -2.79. The zero-order valence-corrected chi connectivity index (χ0v) is 20.8. The quantitative estimate of drug-likeness (QED) is 0.314. The minimum absolute atomic E-state index is 0.0513. The smallest absolute Gasteiger partial charge is 0.407 e. The third kappa shape index (κ3) is 3.79. The molecule has 39 heavy (non-hydrogen) atoms. The fraction of sp³-hybridized carbons (Fsp3) is 0.385. The third-order valence-electron chi connectivity index (χ3n) is 7.46. The molecule has 4 unspecified atom stereocenters. The summed E-state index contributed by atoms with van der Waals surface area (Å²) in [4.78, 5) is 46.6. The molecule has 4 atom stereocenters. The molecule has 4 aromatic heterocycles. The Bertz CT molecular complexity index is 1910. The molecule has 0 saturated heterocycles. The number of carbonyl (C=O) groups excluding carboxylic acids is 2. The summed E-state index contributed by atoms with van der Waals surface area (Å²) in [7, 11) is 1.19. The van der Waals surface area contributed by atoms with Gasteiger partial charge in [-0.25, -0.2) is 24.2 Å². The molecular weight excluding hydrogens is 502 g/mol. The number of hydrogen-bond donors (Lipinski definition) is 3. The van der Waals surface area contributed by atoms with Crippen molar-refractivity contribution in [3.63, 3.8) is 0 Å². The van der Waals surface area contributed by atoms with Crippen LogP contribution >= 0.6 is 0 Å². The number of aromatic nitrogens is 6. The molecule has 0 bridgehead atoms. The second-order valence-electron chi connectivity index (χ2n) is 9.67. The maximum absolute atomic E-state index is 13.5. The number of carbonyl (C=O) groups is 2. The lowest BCUT2D eigenvalue weighted by Gasteiger charge is -2.15. The zero-order chi connectivity index (χ0) is 30.9. The van der Waals surface area contributed by atoms with Crippen molar-refractivity contribution in [2.75, 3.05) is 12.4 Å². The number of methoxy groups -OCH3 is 1. The Kier molecular flexibility index (Phi) is 4.58. The minimum Gasteiger partial charge on any atom is -0.453 e. The number of ether oxygens (including phenoxy) is 1. The van der Waals surface area contributed by atoms with E-state index < -0.39 is 48.2 Å². The lowest BCUT2D eigenvalue weighted by Crippen LogP contribution is -2.36. The molecule has 13 nitrogen and oxygen atoms in total. The Hall–Kier alpha value is -4.86. The number of nitrogens with zero attached hydrogens (tertiary/aromatic N) is 6. The molecule has 2 fully saturated rings. The van der Waals surface area contributed by atoms with E-state index in [1.165, 1.54) is 28.6 Å². The molecule has 4 N–H and O–H groups in total. The molecule has 0 aromatic carbocycles. The normalized spacial score (nSPS) is 27.7. The number of fused-ring (bicyclic) bond motifs is 2. The van der Waals surface area contributed by atoms with Crippen LogP contribution in [-0.4, -0.2) is 54.0 Å². The van der Waals surface area contributed by atoms with E-state index in [2.05, 4.69) is 36.4 Å². The number of nitrogens with one attached hydrogen (secondary N) is 2. The standard InChI is InChI=1S/C26H27N9O4/c1-4-15-11-26(15,23(27)36)35-22-14(12-29-35)5-8-20(32-22)31-21-10-18-19(13-28-21)33(2)25(38)34(18)17-7-6-16(9-17)30-24(37)39-3/h1,5,8,10,12-13,15-17H,6-7,9,11H2,2-3H3,(H2,27,36)(H,30,37)(H,28,31,32)/i2D3,16D. The van der Waals surface area contributed by atoms with Crippen LogP contribution in [-0.2, 0) is 22.0 Å². The van der Waals surface area contributed by atoms with Gasteiger partial charge in [0.1, 0.15) is 11.6 Å². The van der Waals surface area contributed by atoms with Crippen LogP contribution in [0.15, 0.2) is 35.4 Å². The van der Waals surface area contributed by atoms with E-state index in [1.807, 2.05) is 0 Å². The van der Waals surface area contributed by atoms with Crippen molar-refractivity contribution >= 4 is 45.7 Å². The number of rotatable bonds is 6. The molecule has 0 spiro atoms. The van der Waals surface area contributed by atoms with E-state index in [0.29, 0.717) is 34.3 Å². The number of amides is 2. The molecule has 200 valence electrons. The van der Waals surface area contributed by atoms with Crippen LogP contribution < -0.4 is 22.1 Å². The van der Waals surface area contributed by atoms with Crippen molar-refractivity contribution in [2.24, 2.45) is 18.6 Å². The van der Waals surface area contributed by atoms with E-state index in [9.17, 15) is 14.4 Å². The fourth-order valence-electron chi connectivity index (χ4n) is 5.35. The van der Waals surface area contributed by atoms with Gasteiger partial charge in [-0.2, -0.15) is 5.10 Å². The second-order valence-corrected chi connectivity index (χ2v) is 9.67. The van der Waals surface area contributed by atoms with Gasteiger partial charge in [0, 0.05) is 34.6 Å². The molecule has 13 heteroatoms. The molecule has 4 heterocycles. The van der Waals surface area contributed by atoms with E-state index in [0.717, 1.165) is 0 Å². The van der Waals surface area contributed by atoms with Crippen LogP contribution in [0.3, 0.4) is 0 Å². The SMILES string of the molecule is [2H]C1(NC(=O)OC)CCC(n2c(=O)n(C([2H])([2H])[2H])c3cnc(Nc4ccc5cnn(C6(C(N)=O)CC6C#C)c5n4)cc32)C1. The lowest BCUT2D eigenvalue weighted by atomic mass is 10.2. The Balaban J connectivity index is 1.39. The average molecular weight is 534 g/mol. The number of alkyl carbamates (subject to hydrolysis) is 1. The fourth-order valence-corrected chi connectivity index (χ4v) is 5.35. The molecule has 4 aromatic rings. The van der Waals surface area contributed by atoms with Crippen molar-refractivity contribution in [2.45, 2.75) is 43.3 Å². The van der Waals surface area contributed by atoms with Gasteiger partial charge in [0.25, 0.3) is 0 Å². The number of pyridine rings is 2. The first-order valence-corrected chi connectivity index (χ1v) is 12.2. The molecule has 2 saturated carbocycles. The molecule has 6 rings (SSSR count). The van der Waals surface area contributed by atoms with Gasteiger partial charge in [-0.3, -0.25) is 13.9 Å². The van der Waals surface area contributed by atoms with Crippen molar-refractivity contribution in [3.8, 4) is 12.3 Å². The highest BCUT2D eigenvalue weighted by molar-refractivity contribution is 5.90. The summed E-state index contributed by atoms with van der Waals surface area (Å²) in [5.74, 6) is 2.15. The zero-order valence-electron chi connectivity index (χ0n) is 24.8. The largest absolute Gasteiger partial charge is 0.453 e. The Morgan fingerprint density at radius 3 is 2.87 bits per heavy atom. The molecule has 2 amide bonds. The predicted octanol–water partition coefficient (Wildman–Crippen LogP) is 1.51. The van der Waals surface area contributed by atoms with Crippen LogP contribution in [0.1, 0.15) is 37.2 Å². The van der Waals surface area contributed by atoms with Gasteiger partial charge in [0.05, 0.1) is 37.8 Å². The molecular formula is C26H27N9O4. The Labute approximate surface area is 228 Å². The van der Waals surface area contributed by atoms with E-state index in [1.54, 1.807) is 18.3 Å². The molecule has 2 aliphatic carbocycles. The van der Waals surface area contributed by atoms with Crippen LogP contribution in [0.4, 0.5) is 16.4 Å². The molecule has 2 aliphatic rings. The van der Waals surface area contributed by atoms with Crippen LogP contribution in [0.2, 0.25) is 0 Å². The van der Waals surface area contributed by atoms with Crippen molar-refractivity contribution in [1.82, 2.24) is 34.2 Å². The van der Waals surface area contributed by atoms with Crippen LogP contribution in [0, 0.1) is 18.3 Å². The maximum atomic E-state index is 13.5. The summed E-state index contributed by atoms with van der Waals surface area (Å²) < 4.78 is 40.6. The first kappa shape index (κ1) is 20.1. The summed E-state index contributed by atoms with van der Waals surface area (Å²) in [6.45, 7) is -2.79. The highest BCUT2D eigenvalue weighted by Crippen LogP contribution is 2.50. The number of nitrogens with two attached hydrogens (primary N) is 1. The van der Waals surface area contributed by atoms with Crippen LogP contribution in [0.25, 0.3) is 22.1 Å². The number of terminal acetylenes is 1. The van der Waals surface area contributed by atoms with Gasteiger partial charge in [-0.15, -0.1) is 12.3 Å². The number of hydrogen-bond acceptors (Lipinski definition) is 8. The van der Waals surface area contributed by atoms with E-state index in [-0.39, 0.29) is 29.7 Å². The summed E-state index contributed by atoms with van der Waals surface area (Å²) in [5.41, 5.74) is 4.49. The van der Waals surface area contributed by atoms with E-state index >= 15 is 0 Å². The number of primary amides is 1. The van der Waals surface area contributed by atoms with Crippen LogP contribution in [0.5, 0.6) is 0 Å². The predicted molar refractivity (Wildman–Crippen MR) is 142 cm³/mol. The Morgan fingerprint density at radius 1 is 1.31 bits per heavy atom. The summed E-state index contributed by atoms with van der Waals surface area (Å²) in [6, 6.07) is 2.97. The monoisotopic (exact) mass is 533 g/mol. The summed E-state index contributed by atoms with van der Waals surface area (Å²) >= 11 is 0. The van der Waals surface area contributed by atoms with Crippen molar-refractivity contribution < 1.29 is 19.8 Å². The molecule has 0 radical (unpaired) electrons. The number of anilines is 2. The molecule has 0 aliphatic heterocycles. The van der Waals surface area contributed by atoms with Gasteiger partial charge < -0.3 is 21.1 Å². The first-order chi connectivity index (χ1) is 20.3. The third-order valence-corrected chi connectivity index (χ3v) is 7.46. The topological polar surface area (TPSA) is 164 Å². The average Bonchev–Trinajstić information content (AvgIpc) is 3.16. The van der Waals surface area contributed by atoms with Gasteiger partial charge in [-0.1, -0.05) is 0 Å². The Morgan fingerprint density at radius 2 is 2.15 bits per heavy atom. The van der Waals surface area contributed by atoms with Gasteiger partial charge in [0.2, 0.25) is 5.91 Å². The van der Waals surface area contributed by atoms with Crippen molar-refractivity contribution in [3.05, 3.63) is 41.1 Å². The highest BCUT2D eigenvalue weighted by Gasteiger charge is 2.62. The van der Waals surface area contributed by atoms with Gasteiger partial charge >= 0.3 is 11.8 Å². The van der Waals surface area contributed by atoms with Crippen molar-refractivity contribution in [1.29, 1.82) is 0 Å². The van der Waals surface area contributed by atoms with E-state index in [4.69, 9.17) is 17.6 Å². The first-order valence-electron chi connectivity index (χ1n) is 14.2. The number of aryl methyl sites for hydroxylation is 1. The maximum Gasteiger partial charge on any atom is 0.407 e. The summed E-state index contributed by atoms with van der Waals surface area (Å²) in [5, 5.41) is 10.6. The van der Waals surface area contributed by atoms with Gasteiger partial charge in [0.15, 0.2) is 11.2 Å².